The summed E-state index contributed by atoms with van der Waals surface area (Å²) in [5.74, 6) is 2.13. The first kappa shape index (κ1) is 14.7. The van der Waals surface area contributed by atoms with Gasteiger partial charge in [-0.3, -0.25) is 4.98 Å². The van der Waals surface area contributed by atoms with Gasteiger partial charge >= 0.3 is 0 Å². The first-order chi connectivity index (χ1) is 9.78. The second kappa shape index (κ2) is 7.17. The summed E-state index contributed by atoms with van der Waals surface area (Å²) in [5, 5.41) is 0. The number of aromatic nitrogens is 1. The summed E-state index contributed by atoms with van der Waals surface area (Å²) < 4.78 is 10.6. The summed E-state index contributed by atoms with van der Waals surface area (Å²) in [7, 11) is 3.25. The number of ether oxygens (including phenoxy) is 2. The van der Waals surface area contributed by atoms with Crippen LogP contribution in [0.15, 0.2) is 41.4 Å². The molecule has 0 unspecified atom stereocenters. The Morgan fingerprint density at radius 2 is 1.85 bits per heavy atom. The Hall–Kier alpha value is -1.72. The number of nitrogens with two attached hydrogens (primary N) is 1. The van der Waals surface area contributed by atoms with Crippen LogP contribution < -0.4 is 15.2 Å². The van der Waals surface area contributed by atoms with Gasteiger partial charge in [0.25, 0.3) is 0 Å². The fraction of sp³-hybridized carbons (Fsp3) is 0.267. The van der Waals surface area contributed by atoms with E-state index in [0.717, 1.165) is 17.0 Å². The highest BCUT2D eigenvalue weighted by Crippen LogP contribution is 2.33. The third kappa shape index (κ3) is 3.43. The van der Waals surface area contributed by atoms with Crippen molar-refractivity contribution in [3.05, 3.63) is 47.8 Å². The van der Waals surface area contributed by atoms with E-state index in [1.165, 1.54) is 4.90 Å². The highest BCUT2D eigenvalue weighted by Gasteiger charge is 2.11. The molecule has 1 aromatic carbocycles. The molecule has 0 saturated carbocycles. The zero-order valence-corrected chi connectivity index (χ0v) is 12.4. The number of pyridine rings is 1. The van der Waals surface area contributed by atoms with Crippen molar-refractivity contribution in [2.45, 2.75) is 17.2 Å². The number of hydrogen-bond acceptors (Lipinski definition) is 5. The lowest BCUT2D eigenvalue weighted by Crippen LogP contribution is -1.97. The van der Waals surface area contributed by atoms with Gasteiger partial charge in [0.05, 0.1) is 19.9 Å². The molecule has 1 aromatic heterocycles. The van der Waals surface area contributed by atoms with Crippen molar-refractivity contribution in [1.82, 2.24) is 4.98 Å². The van der Waals surface area contributed by atoms with Gasteiger partial charge < -0.3 is 15.2 Å². The van der Waals surface area contributed by atoms with Gasteiger partial charge in [-0.05, 0) is 17.7 Å². The van der Waals surface area contributed by atoms with Gasteiger partial charge in [-0.2, -0.15) is 0 Å². The average Bonchev–Trinajstić information content (AvgIpc) is 2.52. The molecule has 20 heavy (non-hydrogen) atoms. The van der Waals surface area contributed by atoms with Crippen molar-refractivity contribution in [3.8, 4) is 11.5 Å². The van der Waals surface area contributed by atoms with Gasteiger partial charge in [-0.1, -0.05) is 12.1 Å². The molecule has 0 aliphatic rings. The molecule has 0 saturated heterocycles. The molecule has 5 heteroatoms. The van der Waals surface area contributed by atoms with E-state index in [0.29, 0.717) is 18.0 Å². The molecule has 0 fully saturated rings. The standard InChI is InChI=1S/C15H18N2O2S/c1-18-14-7-8-17-13(15(14)19-2)10-20-12-5-3-11(9-16)4-6-12/h3-8H,9-10,16H2,1-2H3. The lowest BCUT2D eigenvalue weighted by molar-refractivity contribution is 0.350. The number of rotatable bonds is 6. The van der Waals surface area contributed by atoms with Crippen LogP contribution in [0.2, 0.25) is 0 Å². The first-order valence-electron chi connectivity index (χ1n) is 6.26. The minimum atomic E-state index is 0.566. The summed E-state index contributed by atoms with van der Waals surface area (Å²) in [5.41, 5.74) is 7.59. The van der Waals surface area contributed by atoms with Crippen molar-refractivity contribution in [3.63, 3.8) is 0 Å². The van der Waals surface area contributed by atoms with Gasteiger partial charge in [0, 0.05) is 29.5 Å². The van der Waals surface area contributed by atoms with Gasteiger partial charge in [-0.15, -0.1) is 11.8 Å². The molecule has 2 N–H and O–H groups in total. The Bertz CT molecular complexity index is 558. The monoisotopic (exact) mass is 290 g/mol. The molecule has 0 aliphatic heterocycles. The van der Waals surface area contributed by atoms with Crippen molar-refractivity contribution in [2.24, 2.45) is 5.73 Å². The molecule has 2 aromatic rings. The van der Waals surface area contributed by atoms with Crippen molar-refractivity contribution in [1.29, 1.82) is 0 Å². The fourth-order valence-corrected chi connectivity index (χ4v) is 2.66. The maximum atomic E-state index is 5.59. The van der Waals surface area contributed by atoms with E-state index in [1.807, 2.05) is 12.1 Å². The lowest BCUT2D eigenvalue weighted by atomic mass is 10.2. The molecule has 0 spiro atoms. The fourth-order valence-electron chi connectivity index (χ4n) is 1.83. The van der Waals surface area contributed by atoms with E-state index in [1.54, 1.807) is 38.2 Å². The van der Waals surface area contributed by atoms with Crippen LogP contribution in [0.4, 0.5) is 0 Å². The Morgan fingerprint density at radius 3 is 2.45 bits per heavy atom. The Morgan fingerprint density at radius 1 is 1.10 bits per heavy atom. The molecule has 4 nitrogen and oxygen atoms in total. The SMILES string of the molecule is COc1ccnc(CSc2ccc(CN)cc2)c1OC. The summed E-state index contributed by atoms with van der Waals surface area (Å²) in [6.45, 7) is 0.566. The molecular formula is C15H18N2O2S. The van der Waals surface area contributed by atoms with E-state index < -0.39 is 0 Å². The van der Waals surface area contributed by atoms with Crippen LogP contribution in [0.1, 0.15) is 11.3 Å². The highest BCUT2D eigenvalue weighted by atomic mass is 32.2. The van der Waals surface area contributed by atoms with Crippen molar-refractivity contribution in [2.75, 3.05) is 14.2 Å². The normalized spacial score (nSPS) is 10.3. The molecule has 2 rings (SSSR count). The zero-order valence-electron chi connectivity index (χ0n) is 11.6. The third-order valence-corrected chi connectivity index (χ3v) is 3.92. The van der Waals surface area contributed by atoms with Crippen LogP contribution in [0.3, 0.4) is 0 Å². The third-order valence-electron chi connectivity index (χ3n) is 2.90. The van der Waals surface area contributed by atoms with E-state index in [-0.39, 0.29) is 0 Å². The molecule has 0 atom stereocenters. The van der Waals surface area contributed by atoms with Gasteiger partial charge in [-0.25, -0.2) is 0 Å². The summed E-state index contributed by atoms with van der Waals surface area (Å²) in [4.78, 5) is 5.54. The number of methoxy groups -OCH3 is 2. The van der Waals surface area contributed by atoms with E-state index >= 15 is 0 Å². The predicted molar refractivity (Wildman–Crippen MR) is 81.2 cm³/mol. The zero-order chi connectivity index (χ0) is 14.4. The van der Waals surface area contributed by atoms with Crippen LogP contribution >= 0.6 is 11.8 Å². The van der Waals surface area contributed by atoms with E-state index in [9.17, 15) is 0 Å². The number of hydrogen-bond donors (Lipinski definition) is 1. The van der Waals surface area contributed by atoms with Crippen LogP contribution in [0.25, 0.3) is 0 Å². The Labute approximate surface area is 123 Å². The van der Waals surface area contributed by atoms with Gasteiger partial charge in [0.2, 0.25) is 0 Å². The second-order valence-electron chi connectivity index (χ2n) is 4.13. The molecule has 1 heterocycles. The summed E-state index contributed by atoms with van der Waals surface area (Å²) >= 11 is 1.70. The minimum absolute atomic E-state index is 0.566. The van der Waals surface area contributed by atoms with Crippen LogP contribution in [0, 0.1) is 0 Å². The highest BCUT2D eigenvalue weighted by molar-refractivity contribution is 7.98. The topological polar surface area (TPSA) is 57.4 Å². The average molecular weight is 290 g/mol. The second-order valence-corrected chi connectivity index (χ2v) is 5.18. The molecule has 106 valence electrons. The van der Waals surface area contributed by atoms with Crippen LogP contribution in [-0.4, -0.2) is 19.2 Å². The molecular weight excluding hydrogens is 272 g/mol. The minimum Gasteiger partial charge on any atom is -0.493 e. The van der Waals surface area contributed by atoms with Crippen molar-refractivity contribution >= 4 is 11.8 Å². The Kier molecular flexibility index (Phi) is 5.26. The smallest absolute Gasteiger partial charge is 0.183 e. The maximum absolute atomic E-state index is 5.59. The molecule has 0 radical (unpaired) electrons. The number of thioether (sulfide) groups is 1. The molecule has 0 aliphatic carbocycles. The molecule has 0 bridgehead atoms. The van der Waals surface area contributed by atoms with E-state index in [4.69, 9.17) is 15.2 Å². The van der Waals surface area contributed by atoms with Crippen molar-refractivity contribution < 1.29 is 9.47 Å². The lowest BCUT2D eigenvalue weighted by Gasteiger charge is -2.11. The van der Waals surface area contributed by atoms with Crippen LogP contribution in [-0.2, 0) is 12.3 Å². The number of nitrogens with zero attached hydrogens (tertiary/aromatic N) is 1. The van der Waals surface area contributed by atoms with E-state index in [2.05, 4.69) is 17.1 Å². The van der Waals surface area contributed by atoms with Crippen LogP contribution in [0.5, 0.6) is 11.5 Å². The maximum Gasteiger partial charge on any atom is 0.183 e. The first-order valence-corrected chi connectivity index (χ1v) is 7.24. The largest absolute Gasteiger partial charge is 0.493 e. The summed E-state index contributed by atoms with van der Waals surface area (Å²) in [6.07, 6.45) is 1.73. The molecule has 0 amide bonds. The predicted octanol–water partition coefficient (Wildman–Crippen LogP) is 2.85. The quantitative estimate of drug-likeness (QED) is 0.829. The van der Waals surface area contributed by atoms with Gasteiger partial charge in [0.15, 0.2) is 11.5 Å². The summed E-state index contributed by atoms with van der Waals surface area (Å²) in [6, 6.07) is 10.0. The number of benzene rings is 1. The Balaban J connectivity index is 2.10. The van der Waals surface area contributed by atoms with Gasteiger partial charge in [0.1, 0.15) is 0 Å².